The number of fused-ring (bicyclic) bond motifs is 1. The van der Waals surface area contributed by atoms with E-state index in [9.17, 15) is 4.79 Å². The smallest absolute Gasteiger partial charge is 0.240 e. The van der Waals surface area contributed by atoms with Crippen molar-refractivity contribution in [3.8, 4) is 0 Å². The molecule has 1 fully saturated rings. The van der Waals surface area contributed by atoms with Gasteiger partial charge < -0.3 is 9.88 Å². The zero-order chi connectivity index (χ0) is 16.5. The molecule has 1 aliphatic carbocycles. The molecule has 0 spiro atoms. The molecule has 1 amide bonds. The number of H-pyrrole nitrogens is 1. The Hall–Kier alpha value is -2.70. The SMILES string of the molecule is Cc1ccc2c(ccn2CC(=O)NC2CCCC2c2nn[nH]n2)c1. The van der Waals surface area contributed by atoms with Crippen molar-refractivity contribution >= 4 is 16.8 Å². The van der Waals surface area contributed by atoms with Crippen LogP contribution in [-0.4, -0.2) is 37.1 Å². The lowest BCUT2D eigenvalue weighted by Gasteiger charge is -2.18. The Bertz CT molecular complexity index is 853. The normalized spacial score (nSPS) is 20.5. The zero-order valence-electron chi connectivity index (χ0n) is 13.6. The molecule has 2 heterocycles. The van der Waals surface area contributed by atoms with Crippen LogP contribution in [0.3, 0.4) is 0 Å². The second kappa shape index (κ2) is 6.07. The number of benzene rings is 1. The fourth-order valence-corrected chi connectivity index (χ4v) is 3.63. The Morgan fingerprint density at radius 3 is 3.12 bits per heavy atom. The van der Waals surface area contributed by atoms with Gasteiger partial charge in [-0.25, -0.2) is 0 Å². The molecule has 0 bridgehead atoms. The predicted molar refractivity (Wildman–Crippen MR) is 89.4 cm³/mol. The molecule has 4 rings (SSSR count). The molecule has 3 aromatic rings. The van der Waals surface area contributed by atoms with Gasteiger partial charge in [-0.15, -0.1) is 10.2 Å². The summed E-state index contributed by atoms with van der Waals surface area (Å²) < 4.78 is 1.99. The van der Waals surface area contributed by atoms with E-state index in [0.717, 1.165) is 30.2 Å². The van der Waals surface area contributed by atoms with Gasteiger partial charge >= 0.3 is 0 Å². The number of aromatic amines is 1. The van der Waals surface area contributed by atoms with E-state index in [4.69, 9.17) is 0 Å². The molecule has 2 unspecified atom stereocenters. The Balaban J connectivity index is 1.46. The lowest BCUT2D eigenvalue weighted by molar-refractivity contribution is -0.122. The minimum Gasteiger partial charge on any atom is -0.351 e. The third-order valence-electron chi connectivity index (χ3n) is 4.80. The van der Waals surface area contributed by atoms with Crippen LogP contribution in [0.2, 0.25) is 0 Å². The summed E-state index contributed by atoms with van der Waals surface area (Å²) in [5.74, 6) is 0.866. The van der Waals surface area contributed by atoms with Crippen molar-refractivity contribution in [3.63, 3.8) is 0 Å². The summed E-state index contributed by atoms with van der Waals surface area (Å²) in [5, 5.41) is 18.6. The van der Waals surface area contributed by atoms with E-state index in [-0.39, 0.29) is 17.9 Å². The maximum Gasteiger partial charge on any atom is 0.240 e. The topological polar surface area (TPSA) is 88.5 Å². The molecule has 1 aliphatic rings. The molecule has 2 atom stereocenters. The van der Waals surface area contributed by atoms with Gasteiger partial charge in [0, 0.05) is 23.7 Å². The summed E-state index contributed by atoms with van der Waals surface area (Å²) in [7, 11) is 0. The minimum absolute atomic E-state index is 0.0217. The lowest BCUT2D eigenvalue weighted by Crippen LogP contribution is -2.38. The van der Waals surface area contributed by atoms with E-state index in [0.29, 0.717) is 12.4 Å². The van der Waals surface area contributed by atoms with Crippen LogP contribution in [0.1, 0.15) is 36.6 Å². The zero-order valence-corrected chi connectivity index (χ0v) is 13.6. The highest BCUT2D eigenvalue weighted by atomic mass is 16.2. The summed E-state index contributed by atoms with van der Waals surface area (Å²) in [6, 6.07) is 8.40. The van der Waals surface area contributed by atoms with Crippen molar-refractivity contribution in [1.29, 1.82) is 0 Å². The molecule has 0 aliphatic heterocycles. The van der Waals surface area contributed by atoms with Gasteiger partial charge in [-0.1, -0.05) is 23.3 Å². The maximum absolute atomic E-state index is 12.5. The van der Waals surface area contributed by atoms with Crippen molar-refractivity contribution < 1.29 is 4.79 Å². The van der Waals surface area contributed by atoms with E-state index in [1.165, 1.54) is 5.56 Å². The molecule has 1 saturated carbocycles. The van der Waals surface area contributed by atoms with Gasteiger partial charge in [0.1, 0.15) is 6.54 Å². The molecule has 7 heteroatoms. The lowest BCUT2D eigenvalue weighted by atomic mass is 10.0. The Labute approximate surface area is 139 Å². The molecule has 24 heavy (non-hydrogen) atoms. The van der Waals surface area contributed by atoms with Gasteiger partial charge in [0.15, 0.2) is 5.82 Å². The van der Waals surface area contributed by atoms with Gasteiger partial charge in [0.2, 0.25) is 5.91 Å². The van der Waals surface area contributed by atoms with Crippen LogP contribution in [-0.2, 0) is 11.3 Å². The molecule has 0 radical (unpaired) electrons. The standard InChI is InChI=1S/C17H20N6O/c1-11-5-6-15-12(9-11)7-8-23(15)10-16(24)18-14-4-2-3-13(14)17-19-21-22-20-17/h5-9,13-14H,2-4,10H2,1H3,(H,18,24)(H,19,20,21,22). The number of carbonyl (C=O) groups excluding carboxylic acids is 1. The number of hydrogen-bond donors (Lipinski definition) is 2. The van der Waals surface area contributed by atoms with Crippen LogP contribution in [0.5, 0.6) is 0 Å². The van der Waals surface area contributed by atoms with Crippen LogP contribution in [0.15, 0.2) is 30.5 Å². The maximum atomic E-state index is 12.5. The number of carbonyl (C=O) groups is 1. The molecular formula is C17H20N6O. The third kappa shape index (κ3) is 2.77. The fraction of sp³-hybridized carbons (Fsp3) is 0.412. The first-order valence-electron chi connectivity index (χ1n) is 8.29. The highest BCUT2D eigenvalue weighted by molar-refractivity contribution is 5.84. The number of aromatic nitrogens is 5. The molecule has 0 saturated heterocycles. The van der Waals surface area contributed by atoms with Gasteiger partial charge in [-0.05, 0) is 43.4 Å². The van der Waals surface area contributed by atoms with Crippen LogP contribution in [0, 0.1) is 6.92 Å². The van der Waals surface area contributed by atoms with Crippen LogP contribution >= 0.6 is 0 Å². The Morgan fingerprint density at radius 1 is 1.38 bits per heavy atom. The van der Waals surface area contributed by atoms with Gasteiger partial charge in [-0.2, -0.15) is 5.21 Å². The van der Waals surface area contributed by atoms with Crippen molar-refractivity contribution in [2.45, 2.75) is 44.7 Å². The quantitative estimate of drug-likeness (QED) is 0.767. The number of tetrazole rings is 1. The highest BCUT2D eigenvalue weighted by Gasteiger charge is 2.32. The second-order valence-electron chi connectivity index (χ2n) is 6.49. The minimum atomic E-state index is 0.0217. The molecule has 2 aromatic heterocycles. The molecule has 1 aromatic carbocycles. The first kappa shape index (κ1) is 14.9. The van der Waals surface area contributed by atoms with Crippen LogP contribution < -0.4 is 5.32 Å². The van der Waals surface area contributed by atoms with Crippen molar-refractivity contribution in [3.05, 3.63) is 41.9 Å². The molecule has 2 N–H and O–H groups in total. The first-order valence-corrected chi connectivity index (χ1v) is 8.29. The predicted octanol–water partition coefficient (Wildman–Crippen LogP) is 1.92. The van der Waals surface area contributed by atoms with Gasteiger partial charge in [-0.3, -0.25) is 4.79 Å². The number of nitrogens with zero attached hydrogens (tertiary/aromatic N) is 4. The number of aryl methyl sites for hydroxylation is 1. The van der Waals surface area contributed by atoms with Crippen molar-refractivity contribution in [2.75, 3.05) is 0 Å². The summed E-state index contributed by atoms with van der Waals surface area (Å²) in [6.07, 6.45) is 4.97. The summed E-state index contributed by atoms with van der Waals surface area (Å²) in [5.41, 5.74) is 2.30. The Kier molecular flexibility index (Phi) is 3.76. The summed E-state index contributed by atoms with van der Waals surface area (Å²) in [4.78, 5) is 12.5. The largest absolute Gasteiger partial charge is 0.351 e. The van der Waals surface area contributed by atoms with E-state index in [1.54, 1.807) is 0 Å². The summed E-state index contributed by atoms with van der Waals surface area (Å²) >= 11 is 0. The number of amides is 1. The number of rotatable bonds is 4. The summed E-state index contributed by atoms with van der Waals surface area (Å²) in [6.45, 7) is 2.39. The second-order valence-corrected chi connectivity index (χ2v) is 6.49. The van der Waals surface area contributed by atoms with E-state index < -0.39 is 0 Å². The van der Waals surface area contributed by atoms with Crippen molar-refractivity contribution in [1.82, 2.24) is 30.5 Å². The monoisotopic (exact) mass is 324 g/mol. The average molecular weight is 324 g/mol. The van der Waals surface area contributed by atoms with Crippen molar-refractivity contribution in [2.24, 2.45) is 0 Å². The Morgan fingerprint density at radius 2 is 2.29 bits per heavy atom. The fourth-order valence-electron chi connectivity index (χ4n) is 3.63. The number of nitrogens with one attached hydrogen (secondary N) is 2. The first-order chi connectivity index (χ1) is 11.7. The van der Waals surface area contributed by atoms with Gasteiger partial charge in [0.25, 0.3) is 0 Å². The third-order valence-corrected chi connectivity index (χ3v) is 4.80. The van der Waals surface area contributed by atoms with E-state index in [1.807, 2.05) is 16.8 Å². The van der Waals surface area contributed by atoms with E-state index >= 15 is 0 Å². The van der Waals surface area contributed by atoms with Crippen LogP contribution in [0.4, 0.5) is 0 Å². The highest BCUT2D eigenvalue weighted by Crippen LogP contribution is 2.32. The number of hydrogen-bond acceptors (Lipinski definition) is 4. The molecular weight excluding hydrogens is 304 g/mol. The molecule has 124 valence electrons. The average Bonchev–Trinajstić information content (AvgIpc) is 3.28. The van der Waals surface area contributed by atoms with Crippen LogP contribution in [0.25, 0.3) is 10.9 Å². The molecule has 7 nitrogen and oxygen atoms in total. The van der Waals surface area contributed by atoms with Gasteiger partial charge in [0.05, 0.1) is 0 Å². The van der Waals surface area contributed by atoms with E-state index in [2.05, 4.69) is 51.1 Å².